The van der Waals surface area contributed by atoms with E-state index in [4.69, 9.17) is 16.6 Å². The zero-order valence-electron chi connectivity index (χ0n) is 16.5. The van der Waals surface area contributed by atoms with Gasteiger partial charge < -0.3 is 4.90 Å². The number of benzene rings is 1. The number of nitrogens with zero attached hydrogens (tertiary/aromatic N) is 4. The van der Waals surface area contributed by atoms with Crippen molar-refractivity contribution in [2.24, 2.45) is 7.05 Å². The van der Waals surface area contributed by atoms with Crippen LogP contribution in [0.25, 0.3) is 10.2 Å². The summed E-state index contributed by atoms with van der Waals surface area (Å²) < 4.78 is 3.08. The van der Waals surface area contributed by atoms with Gasteiger partial charge >= 0.3 is 0 Å². The predicted octanol–water partition coefficient (Wildman–Crippen LogP) is 4.64. The first-order valence-electron chi connectivity index (χ1n) is 9.75. The van der Waals surface area contributed by atoms with Crippen LogP contribution in [0.3, 0.4) is 0 Å². The standard InChI is InChI=1S/C21H25ClN4OS/c1-13-17(14(2)25(3)24-13)5-7-20(27)26-10-8-15(9-11-26)21-23-18-12-16(22)4-6-19(18)28-21/h4,6,12,15H,5,7-11H2,1-3H3. The topological polar surface area (TPSA) is 51.0 Å². The van der Waals surface area contributed by atoms with Crippen molar-refractivity contribution in [2.45, 2.75) is 45.4 Å². The number of fused-ring (bicyclic) bond motifs is 1. The number of likely N-dealkylation sites (tertiary alicyclic amines) is 1. The van der Waals surface area contributed by atoms with Crippen LogP contribution in [0, 0.1) is 13.8 Å². The minimum Gasteiger partial charge on any atom is -0.343 e. The van der Waals surface area contributed by atoms with Crippen LogP contribution in [-0.2, 0) is 18.3 Å². The molecule has 4 rings (SSSR count). The molecule has 0 saturated carbocycles. The number of hydrogen-bond donors (Lipinski definition) is 0. The summed E-state index contributed by atoms with van der Waals surface area (Å²) >= 11 is 7.83. The highest BCUT2D eigenvalue weighted by Gasteiger charge is 2.26. The third-order valence-electron chi connectivity index (χ3n) is 5.81. The van der Waals surface area contributed by atoms with Gasteiger partial charge in [0.05, 0.1) is 20.9 Å². The van der Waals surface area contributed by atoms with E-state index < -0.39 is 0 Å². The molecule has 1 amide bonds. The Morgan fingerprint density at radius 2 is 2.04 bits per heavy atom. The van der Waals surface area contributed by atoms with Crippen LogP contribution in [0.5, 0.6) is 0 Å². The summed E-state index contributed by atoms with van der Waals surface area (Å²) in [6.45, 7) is 5.70. The van der Waals surface area contributed by atoms with E-state index in [9.17, 15) is 4.79 Å². The number of halogens is 1. The van der Waals surface area contributed by atoms with Crippen molar-refractivity contribution in [2.75, 3.05) is 13.1 Å². The molecule has 7 heteroatoms. The van der Waals surface area contributed by atoms with Gasteiger partial charge in [-0.2, -0.15) is 5.10 Å². The Balaban J connectivity index is 1.34. The third kappa shape index (κ3) is 3.80. The minimum atomic E-state index is 0.247. The van der Waals surface area contributed by atoms with E-state index in [0.29, 0.717) is 12.3 Å². The van der Waals surface area contributed by atoms with Crippen LogP contribution in [0.1, 0.15) is 47.1 Å². The molecule has 1 fully saturated rings. The van der Waals surface area contributed by atoms with Crippen molar-refractivity contribution in [3.05, 3.63) is 45.2 Å². The molecule has 1 aromatic carbocycles. The van der Waals surface area contributed by atoms with Gasteiger partial charge in [-0.05, 0) is 56.9 Å². The molecule has 0 aliphatic carbocycles. The van der Waals surface area contributed by atoms with Gasteiger partial charge in [-0.1, -0.05) is 11.6 Å². The Kier molecular flexibility index (Phi) is 5.43. The van der Waals surface area contributed by atoms with E-state index in [1.165, 1.54) is 15.3 Å². The van der Waals surface area contributed by atoms with Crippen molar-refractivity contribution >= 4 is 39.1 Å². The van der Waals surface area contributed by atoms with Gasteiger partial charge in [-0.25, -0.2) is 4.98 Å². The third-order valence-corrected chi connectivity index (χ3v) is 7.24. The molecule has 28 heavy (non-hydrogen) atoms. The second-order valence-electron chi connectivity index (χ2n) is 7.59. The minimum absolute atomic E-state index is 0.247. The maximum absolute atomic E-state index is 12.7. The van der Waals surface area contributed by atoms with Gasteiger partial charge in [0.1, 0.15) is 0 Å². The average molecular weight is 417 g/mol. The predicted molar refractivity (Wildman–Crippen MR) is 114 cm³/mol. The maximum atomic E-state index is 12.7. The van der Waals surface area contributed by atoms with Crippen molar-refractivity contribution in [1.82, 2.24) is 19.7 Å². The zero-order chi connectivity index (χ0) is 19.8. The van der Waals surface area contributed by atoms with Gasteiger partial charge in [-0.3, -0.25) is 9.48 Å². The van der Waals surface area contributed by atoms with Crippen LogP contribution in [0.4, 0.5) is 0 Å². The summed E-state index contributed by atoms with van der Waals surface area (Å²) in [5.74, 6) is 0.681. The molecular weight excluding hydrogens is 392 g/mol. The van der Waals surface area contributed by atoms with Crippen molar-refractivity contribution < 1.29 is 4.79 Å². The number of hydrogen-bond acceptors (Lipinski definition) is 4. The first-order valence-corrected chi connectivity index (χ1v) is 10.9. The summed E-state index contributed by atoms with van der Waals surface area (Å²) in [5, 5.41) is 6.34. The fourth-order valence-corrected chi connectivity index (χ4v) is 5.32. The monoisotopic (exact) mass is 416 g/mol. The van der Waals surface area contributed by atoms with Crippen LogP contribution in [-0.4, -0.2) is 38.7 Å². The molecule has 0 N–H and O–H groups in total. The van der Waals surface area contributed by atoms with Gasteiger partial charge in [0.2, 0.25) is 5.91 Å². The van der Waals surface area contributed by atoms with E-state index >= 15 is 0 Å². The fourth-order valence-electron chi connectivity index (χ4n) is 4.04. The number of carbonyl (C=O) groups excluding carboxylic acids is 1. The number of rotatable bonds is 4. The molecule has 1 saturated heterocycles. The molecule has 148 valence electrons. The Labute approximate surface area is 174 Å². The lowest BCUT2D eigenvalue weighted by Crippen LogP contribution is -2.38. The molecule has 0 radical (unpaired) electrons. The van der Waals surface area contributed by atoms with Crippen LogP contribution < -0.4 is 0 Å². The smallest absolute Gasteiger partial charge is 0.222 e. The van der Waals surface area contributed by atoms with Gasteiger partial charge in [0, 0.05) is 43.2 Å². The maximum Gasteiger partial charge on any atom is 0.222 e. The summed E-state index contributed by atoms with van der Waals surface area (Å²) in [4.78, 5) is 19.5. The first kappa shape index (κ1) is 19.4. The summed E-state index contributed by atoms with van der Waals surface area (Å²) in [6, 6.07) is 5.89. The van der Waals surface area contributed by atoms with Crippen molar-refractivity contribution in [3.63, 3.8) is 0 Å². The van der Waals surface area contributed by atoms with Gasteiger partial charge in [0.25, 0.3) is 0 Å². The molecule has 5 nitrogen and oxygen atoms in total. The highest BCUT2D eigenvalue weighted by Crippen LogP contribution is 2.34. The lowest BCUT2D eigenvalue weighted by molar-refractivity contribution is -0.132. The number of carbonyl (C=O) groups is 1. The molecule has 0 bridgehead atoms. The Morgan fingerprint density at radius 3 is 2.71 bits per heavy atom. The van der Waals surface area contributed by atoms with Crippen molar-refractivity contribution in [3.8, 4) is 0 Å². The average Bonchev–Trinajstić information content (AvgIpc) is 3.20. The molecule has 0 atom stereocenters. The summed E-state index contributed by atoms with van der Waals surface area (Å²) in [6.07, 6.45) is 3.27. The molecule has 0 spiro atoms. The van der Waals surface area contributed by atoms with Gasteiger partial charge in [0.15, 0.2) is 0 Å². The lowest BCUT2D eigenvalue weighted by Gasteiger charge is -2.31. The number of aromatic nitrogens is 3. The first-order chi connectivity index (χ1) is 13.4. The van der Waals surface area contributed by atoms with Crippen molar-refractivity contribution in [1.29, 1.82) is 0 Å². The van der Waals surface area contributed by atoms with E-state index in [-0.39, 0.29) is 5.91 Å². The zero-order valence-corrected chi connectivity index (χ0v) is 18.1. The Morgan fingerprint density at radius 1 is 1.29 bits per heavy atom. The SMILES string of the molecule is Cc1nn(C)c(C)c1CCC(=O)N1CCC(c2nc3cc(Cl)ccc3s2)CC1. The number of piperidine rings is 1. The lowest BCUT2D eigenvalue weighted by atomic mass is 9.97. The fraction of sp³-hybridized carbons (Fsp3) is 0.476. The molecule has 1 aliphatic heterocycles. The number of amides is 1. The summed E-state index contributed by atoms with van der Waals surface area (Å²) in [7, 11) is 1.95. The summed E-state index contributed by atoms with van der Waals surface area (Å²) in [5.41, 5.74) is 4.37. The molecule has 2 aromatic heterocycles. The highest BCUT2D eigenvalue weighted by molar-refractivity contribution is 7.18. The number of aryl methyl sites for hydroxylation is 2. The van der Waals surface area contributed by atoms with E-state index in [2.05, 4.69) is 12.0 Å². The molecule has 1 aliphatic rings. The number of thiazole rings is 1. The second-order valence-corrected chi connectivity index (χ2v) is 9.09. The van der Waals surface area contributed by atoms with Crippen LogP contribution >= 0.6 is 22.9 Å². The molecule has 3 heterocycles. The molecule has 0 unspecified atom stereocenters. The van der Waals surface area contributed by atoms with E-state index in [0.717, 1.165) is 54.3 Å². The van der Waals surface area contributed by atoms with Crippen LogP contribution in [0.2, 0.25) is 5.02 Å². The van der Waals surface area contributed by atoms with E-state index in [1.54, 1.807) is 11.3 Å². The largest absolute Gasteiger partial charge is 0.343 e. The van der Waals surface area contributed by atoms with Crippen LogP contribution in [0.15, 0.2) is 18.2 Å². The Hall–Kier alpha value is -1.92. The Bertz CT molecular complexity index is 1020. The molecular formula is C21H25ClN4OS. The quantitative estimate of drug-likeness (QED) is 0.622. The molecule has 3 aromatic rings. The second kappa shape index (κ2) is 7.84. The van der Waals surface area contributed by atoms with Gasteiger partial charge in [-0.15, -0.1) is 11.3 Å². The van der Waals surface area contributed by atoms with E-state index in [1.807, 2.05) is 41.8 Å². The highest BCUT2D eigenvalue weighted by atomic mass is 35.5. The normalized spacial score (nSPS) is 15.5.